The lowest BCUT2D eigenvalue weighted by Gasteiger charge is -2.08. The normalized spacial score (nSPS) is 13.1. The van der Waals surface area contributed by atoms with Gasteiger partial charge in [-0.25, -0.2) is 0 Å². The molecule has 0 aliphatic rings. The van der Waals surface area contributed by atoms with Crippen LogP contribution in [0.2, 0.25) is 0 Å². The van der Waals surface area contributed by atoms with Crippen LogP contribution in [-0.4, -0.2) is 26.1 Å². The molecule has 0 saturated heterocycles. The number of nitrogens with two attached hydrogens (primary N) is 1. The largest absolute Gasteiger partial charge is 0.330 e. The van der Waals surface area contributed by atoms with Gasteiger partial charge in [0.1, 0.15) is 5.82 Å². The third-order valence-corrected chi connectivity index (χ3v) is 2.80. The molecule has 5 heteroatoms. The van der Waals surface area contributed by atoms with Crippen LogP contribution in [0, 0.1) is 5.92 Å². The van der Waals surface area contributed by atoms with Gasteiger partial charge < -0.3 is 5.73 Å². The van der Waals surface area contributed by atoms with E-state index in [0.717, 1.165) is 37.3 Å². The Morgan fingerprint density at radius 3 is 3.06 bits per heavy atom. The lowest BCUT2D eigenvalue weighted by atomic mass is 10.0. The third-order valence-electron chi connectivity index (χ3n) is 2.80. The Bertz CT molecular complexity index is 450. The van der Waals surface area contributed by atoms with E-state index in [1.54, 1.807) is 12.4 Å². The first kappa shape index (κ1) is 11.0. The van der Waals surface area contributed by atoms with Gasteiger partial charge >= 0.3 is 0 Å². The van der Waals surface area contributed by atoms with Crippen LogP contribution < -0.4 is 5.73 Å². The first-order chi connectivity index (χ1) is 7.81. The smallest absolute Gasteiger partial charge is 0.179 e. The highest BCUT2D eigenvalue weighted by Crippen LogP contribution is 2.11. The van der Waals surface area contributed by atoms with Gasteiger partial charge in [0, 0.05) is 18.8 Å². The van der Waals surface area contributed by atoms with Crippen molar-refractivity contribution in [1.29, 1.82) is 0 Å². The SMILES string of the molecule is CC(CCN)CCc1nnc2cnccn12. The number of hydrogen-bond donors (Lipinski definition) is 1. The molecule has 0 aromatic carbocycles. The van der Waals surface area contributed by atoms with E-state index >= 15 is 0 Å². The van der Waals surface area contributed by atoms with Gasteiger partial charge in [-0.1, -0.05) is 6.92 Å². The molecule has 0 fully saturated rings. The van der Waals surface area contributed by atoms with Gasteiger partial charge in [-0.15, -0.1) is 10.2 Å². The lowest BCUT2D eigenvalue weighted by Crippen LogP contribution is -2.07. The summed E-state index contributed by atoms with van der Waals surface area (Å²) < 4.78 is 1.99. The van der Waals surface area contributed by atoms with Gasteiger partial charge in [-0.05, 0) is 25.3 Å². The van der Waals surface area contributed by atoms with E-state index in [-0.39, 0.29) is 0 Å². The lowest BCUT2D eigenvalue weighted by molar-refractivity contribution is 0.492. The molecule has 0 amide bonds. The quantitative estimate of drug-likeness (QED) is 0.815. The van der Waals surface area contributed by atoms with Crippen molar-refractivity contribution in [3.63, 3.8) is 0 Å². The van der Waals surface area contributed by atoms with Crippen molar-refractivity contribution in [1.82, 2.24) is 19.6 Å². The molecular formula is C11H17N5. The van der Waals surface area contributed by atoms with Crippen LogP contribution in [0.15, 0.2) is 18.6 Å². The number of hydrogen-bond acceptors (Lipinski definition) is 4. The van der Waals surface area contributed by atoms with E-state index < -0.39 is 0 Å². The second kappa shape index (κ2) is 5.03. The number of rotatable bonds is 5. The Hall–Kier alpha value is -1.49. The van der Waals surface area contributed by atoms with Crippen LogP contribution in [0.1, 0.15) is 25.6 Å². The first-order valence-electron chi connectivity index (χ1n) is 5.65. The Labute approximate surface area is 94.7 Å². The Balaban J connectivity index is 2.04. The summed E-state index contributed by atoms with van der Waals surface area (Å²) in [5.74, 6) is 1.64. The molecule has 2 heterocycles. The molecule has 2 aromatic rings. The summed E-state index contributed by atoms with van der Waals surface area (Å²) in [6.07, 6.45) is 8.48. The van der Waals surface area contributed by atoms with Crippen molar-refractivity contribution in [2.45, 2.75) is 26.2 Å². The molecule has 2 N–H and O–H groups in total. The number of aromatic nitrogens is 4. The molecule has 0 aliphatic carbocycles. The molecule has 16 heavy (non-hydrogen) atoms. The zero-order valence-electron chi connectivity index (χ0n) is 9.50. The minimum atomic E-state index is 0.638. The molecule has 86 valence electrons. The van der Waals surface area contributed by atoms with Crippen LogP contribution in [0.3, 0.4) is 0 Å². The van der Waals surface area contributed by atoms with Crippen molar-refractivity contribution in [3.8, 4) is 0 Å². The van der Waals surface area contributed by atoms with Crippen LogP contribution in [-0.2, 0) is 6.42 Å². The van der Waals surface area contributed by atoms with Crippen molar-refractivity contribution in [2.75, 3.05) is 6.54 Å². The number of fused-ring (bicyclic) bond motifs is 1. The molecule has 5 nitrogen and oxygen atoms in total. The molecule has 2 aromatic heterocycles. The summed E-state index contributed by atoms with van der Waals surface area (Å²) in [5.41, 5.74) is 6.34. The van der Waals surface area contributed by atoms with Crippen molar-refractivity contribution in [3.05, 3.63) is 24.4 Å². The number of nitrogens with zero attached hydrogens (tertiary/aromatic N) is 4. The monoisotopic (exact) mass is 219 g/mol. The highest BCUT2D eigenvalue weighted by molar-refractivity contribution is 5.33. The fraction of sp³-hybridized carbons (Fsp3) is 0.545. The molecule has 0 spiro atoms. The van der Waals surface area contributed by atoms with E-state index in [9.17, 15) is 0 Å². The predicted octanol–water partition coefficient (Wildman–Crippen LogP) is 1.04. The molecule has 0 radical (unpaired) electrons. The highest BCUT2D eigenvalue weighted by atomic mass is 15.2. The van der Waals surface area contributed by atoms with E-state index in [4.69, 9.17) is 5.73 Å². The third kappa shape index (κ3) is 2.36. The fourth-order valence-corrected chi connectivity index (χ4v) is 1.78. The minimum Gasteiger partial charge on any atom is -0.330 e. The average molecular weight is 219 g/mol. The Morgan fingerprint density at radius 2 is 2.25 bits per heavy atom. The molecule has 0 aliphatic heterocycles. The maximum atomic E-state index is 5.53. The highest BCUT2D eigenvalue weighted by Gasteiger charge is 2.07. The van der Waals surface area contributed by atoms with E-state index in [0.29, 0.717) is 5.92 Å². The second-order valence-corrected chi connectivity index (χ2v) is 4.14. The van der Waals surface area contributed by atoms with Gasteiger partial charge in [0.15, 0.2) is 5.65 Å². The first-order valence-corrected chi connectivity index (χ1v) is 5.65. The van der Waals surface area contributed by atoms with Gasteiger partial charge in [-0.3, -0.25) is 9.38 Å². The molecule has 0 saturated carbocycles. The van der Waals surface area contributed by atoms with Crippen LogP contribution in [0.4, 0.5) is 0 Å². The summed E-state index contributed by atoms with van der Waals surface area (Å²) >= 11 is 0. The summed E-state index contributed by atoms with van der Waals surface area (Å²) in [6.45, 7) is 2.98. The maximum absolute atomic E-state index is 5.53. The van der Waals surface area contributed by atoms with Gasteiger partial charge in [-0.2, -0.15) is 0 Å². The van der Waals surface area contributed by atoms with Crippen LogP contribution in [0.5, 0.6) is 0 Å². The van der Waals surface area contributed by atoms with Crippen LogP contribution >= 0.6 is 0 Å². The zero-order valence-corrected chi connectivity index (χ0v) is 9.50. The van der Waals surface area contributed by atoms with Gasteiger partial charge in [0.05, 0.1) is 6.20 Å². The van der Waals surface area contributed by atoms with E-state index in [1.165, 1.54) is 0 Å². The molecular weight excluding hydrogens is 202 g/mol. The maximum Gasteiger partial charge on any atom is 0.179 e. The topological polar surface area (TPSA) is 69.1 Å². The zero-order chi connectivity index (χ0) is 11.4. The minimum absolute atomic E-state index is 0.638. The Morgan fingerprint density at radius 1 is 1.38 bits per heavy atom. The van der Waals surface area contributed by atoms with Crippen molar-refractivity contribution in [2.24, 2.45) is 11.7 Å². The van der Waals surface area contributed by atoms with Gasteiger partial charge in [0.25, 0.3) is 0 Å². The standard InChI is InChI=1S/C11H17N5/c1-9(4-5-12)2-3-10-14-15-11-8-13-6-7-16(10)11/h6-9H,2-5,12H2,1H3. The molecule has 1 atom stereocenters. The van der Waals surface area contributed by atoms with Crippen molar-refractivity contribution >= 4 is 5.65 Å². The molecule has 0 bridgehead atoms. The van der Waals surface area contributed by atoms with Crippen molar-refractivity contribution < 1.29 is 0 Å². The summed E-state index contributed by atoms with van der Waals surface area (Å²) in [6, 6.07) is 0. The average Bonchev–Trinajstić information content (AvgIpc) is 2.70. The van der Waals surface area contributed by atoms with E-state index in [2.05, 4.69) is 22.1 Å². The predicted molar refractivity (Wildman–Crippen MR) is 61.9 cm³/mol. The second-order valence-electron chi connectivity index (χ2n) is 4.14. The van der Waals surface area contributed by atoms with E-state index in [1.807, 2.05) is 10.6 Å². The fourth-order valence-electron chi connectivity index (χ4n) is 1.78. The summed E-state index contributed by atoms with van der Waals surface area (Å²) in [5, 5.41) is 8.24. The summed E-state index contributed by atoms with van der Waals surface area (Å²) in [7, 11) is 0. The number of aryl methyl sites for hydroxylation is 1. The summed E-state index contributed by atoms with van der Waals surface area (Å²) in [4.78, 5) is 4.01. The molecule has 1 unspecified atom stereocenters. The van der Waals surface area contributed by atoms with Crippen LogP contribution in [0.25, 0.3) is 5.65 Å². The van der Waals surface area contributed by atoms with Gasteiger partial charge in [0.2, 0.25) is 0 Å². The molecule has 2 rings (SSSR count). The Kier molecular flexibility index (Phi) is 3.46.